The van der Waals surface area contributed by atoms with Gasteiger partial charge in [0.2, 0.25) is 0 Å². The number of halogens is 1. The molecule has 0 spiro atoms. The normalized spacial score (nSPS) is 11.2. The van der Waals surface area contributed by atoms with Crippen molar-refractivity contribution in [3.63, 3.8) is 0 Å². The molecule has 3 nitrogen and oxygen atoms in total. The molecule has 4 heteroatoms. The fourth-order valence-corrected chi connectivity index (χ4v) is 2.25. The molecule has 2 heterocycles. The molecule has 0 fully saturated rings. The van der Waals surface area contributed by atoms with Gasteiger partial charge in [-0.1, -0.05) is 11.6 Å². The van der Waals surface area contributed by atoms with Crippen molar-refractivity contribution in [3.8, 4) is 17.0 Å². The molecule has 0 saturated heterocycles. The van der Waals surface area contributed by atoms with Crippen molar-refractivity contribution in [1.82, 2.24) is 9.38 Å². The van der Waals surface area contributed by atoms with E-state index in [4.69, 9.17) is 16.3 Å². The summed E-state index contributed by atoms with van der Waals surface area (Å²) < 4.78 is 7.56. The van der Waals surface area contributed by atoms with E-state index in [1.165, 1.54) is 0 Å². The lowest BCUT2D eigenvalue weighted by Crippen LogP contribution is -2.05. The van der Waals surface area contributed by atoms with Crippen LogP contribution in [0.2, 0.25) is 5.02 Å². The van der Waals surface area contributed by atoms with Crippen molar-refractivity contribution in [2.75, 3.05) is 0 Å². The molecule has 20 heavy (non-hydrogen) atoms. The van der Waals surface area contributed by atoms with Gasteiger partial charge < -0.3 is 9.14 Å². The maximum Gasteiger partial charge on any atom is 0.137 e. The van der Waals surface area contributed by atoms with Gasteiger partial charge in [0.25, 0.3) is 0 Å². The highest BCUT2D eigenvalue weighted by Crippen LogP contribution is 2.23. The number of benzene rings is 1. The number of hydrogen-bond acceptors (Lipinski definition) is 2. The van der Waals surface area contributed by atoms with Gasteiger partial charge in [-0.05, 0) is 50.2 Å². The zero-order chi connectivity index (χ0) is 14.1. The SMILES string of the molecule is CC(C)Oc1ccc(-c2cn3cc(Cl)ccc3n2)cc1. The van der Waals surface area contributed by atoms with E-state index in [9.17, 15) is 0 Å². The fourth-order valence-electron chi connectivity index (χ4n) is 2.08. The maximum absolute atomic E-state index is 5.98. The van der Waals surface area contributed by atoms with Crippen LogP contribution in [-0.4, -0.2) is 15.5 Å². The number of nitrogens with zero attached hydrogens (tertiary/aromatic N) is 2. The van der Waals surface area contributed by atoms with Gasteiger partial charge in [-0.25, -0.2) is 4.98 Å². The molecule has 3 aromatic rings. The summed E-state index contributed by atoms with van der Waals surface area (Å²) in [6, 6.07) is 11.7. The van der Waals surface area contributed by atoms with E-state index >= 15 is 0 Å². The standard InChI is InChI=1S/C16H15ClN2O/c1-11(2)20-14-6-3-12(4-7-14)15-10-19-9-13(17)5-8-16(19)18-15/h3-11H,1-2H3. The molecule has 0 aliphatic rings. The van der Waals surface area contributed by atoms with E-state index in [1.54, 1.807) is 0 Å². The van der Waals surface area contributed by atoms with Crippen molar-refractivity contribution in [3.05, 3.63) is 53.8 Å². The van der Waals surface area contributed by atoms with Crippen LogP contribution < -0.4 is 4.74 Å². The van der Waals surface area contributed by atoms with E-state index in [1.807, 2.05) is 67.0 Å². The monoisotopic (exact) mass is 286 g/mol. The van der Waals surface area contributed by atoms with Gasteiger partial charge in [0, 0.05) is 18.0 Å². The Kier molecular flexibility index (Phi) is 3.36. The van der Waals surface area contributed by atoms with Crippen molar-refractivity contribution in [2.45, 2.75) is 20.0 Å². The predicted octanol–water partition coefficient (Wildman–Crippen LogP) is 4.44. The highest BCUT2D eigenvalue weighted by Gasteiger charge is 2.05. The maximum atomic E-state index is 5.98. The Labute approximate surface area is 122 Å². The summed E-state index contributed by atoms with van der Waals surface area (Å²) in [5.41, 5.74) is 2.86. The van der Waals surface area contributed by atoms with Crippen molar-refractivity contribution in [1.29, 1.82) is 0 Å². The number of rotatable bonds is 3. The number of imidazole rings is 1. The number of fused-ring (bicyclic) bond motifs is 1. The van der Waals surface area contributed by atoms with Crippen LogP contribution in [0.25, 0.3) is 16.9 Å². The summed E-state index contributed by atoms with van der Waals surface area (Å²) in [6.45, 7) is 4.03. The zero-order valence-electron chi connectivity index (χ0n) is 11.4. The predicted molar refractivity (Wildman–Crippen MR) is 81.4 cm³/mol. The topological polar surface area (TPSA) is 26.5 Å². The van der Waals surface area contributed by atoms with Crippen LogP contribution in [0, 0.1) is 0 Å². The first kappa shape index (κ1) is 13.0. The van der Waals surface area contributed by atoms with E-state index in [-0.39, 0.29) is 6.10 Å². The number of pyridine rings is 1. The minimum absolute atomic E-state index is 0.179. The van der Waals surface area contributed by atoms with E-state index < -0.39 is 0 Å². The van der Waals surface area contributed by atoms with Crippen LogP contribution in [-0.2, 0) is 0 Å². The first-order chi connectivity index (χ1) is 9.61. The van der Waals surface area contributed by atoms with E-state index in [2.05, 4.69) is 4.98 Å². The molecule has 0 saturated carbocycles. The molecule has 0 amide bonds. The molecule has 2 aromatic heterocycles. The highest BCUT2D eigenvalue weighted by molar-refractivity contribution is 6.30. The van der Waals surface area contributed by atoms with Gasteiger partial charge in [-0.2, -0.15) is 0 Å². The second-order valence-corrected chi connectivity index (χ2v) is 5.37. The lowest BCUT2D eigenvalue weighted by atomic mass is 10.1. The van der Waals surface area contributed by atoms with Crippen molar-refractivity contribution < 1.29 is 4.74 Å². The van der Waals surface area contributed by atoms with Gasteiger partial charge in [-0.3, -0.25) is 0 Å². The molecule has 0 aliphatic carbocycles. The van der Waals surface area contributed by atoms with Crippen molar-refractivity contribution >= 4 is 17.2 Å². The molecule has 1 aromatic carbocycles. The molecule has 0 N–H and O–H groups in total. The van der Waals surface area contributed by atoms with Crippen LogP contribution in [0.5, 0.6) is 5.75 Å². The summed E-state index contributed by atoms with van der Waals surface area (Å²) >= 11 is 5.98. The number of aromatic nitrogens is 2. The quantitative estimate of drug-likeness (QED) is 0.711. The average molecular weight is 287 g/mol. The number of ether oxygens (including phenoxy) is 1. The highest BCUT2D eigenvalue weighted by atomic mass is 35.5. The second kappa shape index (κ2) is 5.17. The first-order valence-electron chi connectivity index (χ1n) is 6.53. The smallest absolute Gasteiger partial charge is 0.137 e. The molecular formula is C16H15ClN2O. The lowest BCUT2D eigenvalue weighted by molar-refractivity contribution is 0.242. The third kappa shape index (κ3) is 2.63. The third-order valence-corrected chi connectivity index (χ3v) is 3.16. The molecule has 102 valence electrons. The van der Waals surface area contributed by atoms with Gasteiger partial charge in [-0.15, -0.1) is 0 Å². The van der Waals surface area contributed by atoms with E-state index in [0.29, 0.717) is 5.02 Å². The van der Waals surface area contributed by atoms with Gasteiger partial charge in [0.05, 0.1) is 16.8 Å². The van der Waals surface area contributed by atoms with E-state index in [0.717, 1.165) is 22.7 Å². The Morgan fingerprint density at radius 2 is 1.80 bits per heavy atom. The van der Waals surface area contributed by atoms with Crippen LogP contribution >= 0.6 is 11.6 Å². The van der Waals surface area contributed by atoms with Crippen molar-refractivity contribution in [2.24, 2.45) is 0 Å². The zero-order valence-corrected chi connectivity index (χ0v) is 12.1. The molecule has 0 unspecified atom stereocenters. The molecule has 0 bridgehead atoms. The molecule has 0 radical (unpaired) electrons. The first-order valence-corrected chi connectivity index (χ1v) is 6.91. The largest absolute Gasteiger partial charge is 0.491 e. The number of hydrogen-bond donors (Lipinski definition) is 0. The summed E-state index contributed by atoms with van der Waals surface area (Å²) in [7, 11) is 0. The Morgan fingerprint density at radius 3 is 2.50 bits per heavy atom. The summed E-state index contributed by atoms with van der Waals surface area (Å²) in [6.07, 6.45) is 4.00. The molecule has 3 rings (SSSR count). The Balaban J connectivity index is 1.94. The molecule has 0 atom stereocenters. The van der Waals surface area contributed by atoms with Crippen LogP contribution in [0.4, 0.5) is 0 Å². The summed E-state index contributed by atoms with van der Waals surface area (Å²) in [5.74, 6) is 0.871. The summed E-state index contributed by atoms with van der Waals surface area (Å²) in [5, 5.41) is 0.696. The average Bonchev–Trinajstić information content (AvgIpc) is 2.81. The Hall–Kier alpha value is -2.00. The van der Waals surface area contributed by atoms with Crippen LogP contribution in [0.3, 0.4) is 0 Å². The minimum atomic E-state index is 0.179. The lowest BCUT2D eigenvalue weighted by Gasteiger charge is -2.09. The van der Waals surface area contributed by atoms with Crippen LogP contribution in [0.15, 0.2) is 48.8 Å². The summed E-state index contributed by atoms with van der Waals surface area (Å²) in [4.78, 5) is 4.58. The van der Waals surface area contributed by atoms with Gasteiger partial charge >= 0.3 is 0 Å². The molecular weight excluding hydrogens is 272 g/mol. The third-order valence-electron chi connectivity index (χ3n) is 2.94. The second-order valence-electron chi connectivity index (χ2n) is 4.93. The van der Waals surface area contributed by atoms with Gasteiger partial charge in [0.1, 0.15) is 11.4 Å². The van der Waals surface area contributed by atoms with Gasteiger partial charge in [0.15, 0.2) is 0 Å². The molecule has 0 aliphatic heterocycles. The Morgan fingerprint density at radius 1 is 1.05 bits per heavy atom. The Bertz CT molecular complexity index is 732. The fraction of sp³-hybridized carbons (Fsp3) is 0.188. The minimum Gasteiger partial charge on any atom is -0.491 e. The van der Waals surface area contributed by atoms with Crippen LogP contribution in [0.1, 0.15) is 13.8 Å².